The summed E-state index contributed by atoms with van der Waals surface area (Å²) in [5.41, 5.74) is 15.1. The molecule has 7 nitrogen and oxygen atoms in total. The summed E-state index contributed by atoms with van der Waals surface area (Å²) in [5.74, 6) is 3.98. The fourth-order valence-electron chi connectivity index (χ4n) is 15.2. The lowest BCUT2D eigenvalue weighted by Gasteiger charge is -2.10. The van der Waals surface area contributed by atoms with Crippen molar-refractivity contribution in [1.29, 1.82) is 0 Å². The molecule has 0 saturated carbocycles. The van der Waals surface area contributed by atoms with Gasteiger partial charge in [-0.2, -0.15) is 0 Å². The average Bonchev–Trinajstić information content (AvgIpc) is 1.59. The minimum Gasteiger partial charge on any atom is -0.309 e. The summed E-state index contributed by atoms with van der Waals surface area (Å²) in [6, 6.07) is 119. The topological polar surface area (TPSA) is 82.3 Å². The van der Waals surface area contributed by atoms with Gasteiger partial charge >= 0.3 is 0 Å². The molecule has 0 N–H and O–H groups in total. The van der Waals surface area contributed by atoms with Crippen molar-refractivity contribution in [3.8, 4) is 85.1 Å². The first-order valence-electron chi connectivity index (χ1n) is 35.1. The highest BCUT2D eigenvalue weighted by atomic mass is 35.5. The van der Waals surface area contributed by atoms with Crippen LogP contribution in [0.15, 0.2) is 340 Å². The molecule has 0 spiro atoms. The van der Waals surface area contributed by atoms with Crippen LogP contribution in [0.3, 0.4) is 0 Å². The molecule has 10 heteroatoms. The van der Waals surface area contributed by atoms with Gasteiger partial charge < -0.3 is 4.57 Å². The molecule has 0 saturated heterocycles. The van der Waals surface area contributed by atoms with Crippen molar-refractivity contribution >= 4 is 140 Å². The van der Waals surface area contributed by atoms with Crippen molar-refractivity contribution in [2.45, 2.75) is 6.42 Å². The fourth-order valence-corrected chi connectivity index (χ4v) is 17.8. The maximum atomic E-state index is 6.25. The maximum absolute atomic E-state index is 6.25. The molecule has 5 heterocycles. The van der Waals surface area contributed by atoms with E-state index >= 15 is 0 Å². The van der Waals surface area contributed by atoms with Crippen molar-refractivity contribution in [3.63, 3.8) is 0 Å². The van der Waals surface area contributed by atoms with Gasteiger partial charge in [0.05, 0.1) is 11.0 Å². The third-order valence-corrected chi connectivity index (χ3v) is 22.7. The number of halogens is 1. The van der Waals surface area contributed by atoms with E-state index in [2.05, 4.69) is 235 Å². The molecule has 5 aromatic heterocycles. The highest BCUT2D eigenvalue weighted by molar-refractivity contribution is 7.26. The number of thiophene rings is 2. The second-order valence-electron chi connectivity index (χ2n) is 26.6. The predicted octanol–water partition coefficient (Wildman–Crippen LogP) is 26.1. The first-order valence-corrected chi connectivity index (χ1v) is 37.1. The zero-order chi connectivity index (χ0) is 69.5. The second kappa shape index (κ2) is 25.9. The van der Waals surface area contributed by atoms with Gasteiger partial charge in [0, 0.05) is 95.2 Å². The first-order chi connectivity index (χ1) is 51.9. The van der Waals surface area contributed by atoms with Crippen LogP contribution in [0, 0.1) is 0 Å². The molecule has 0 unspecified atom stereocenters. The van der Waals surface area contributed by atoms with E-state index in [1.807, 2.05) is 121 Å². The Bertz CT molecular complexity index is 6720. The molecule has 0 atom stereocenters. The third-order valence-electron chi connectivity index (χ3n) is 20.2. The van der Waals surface area contributed by atoms with Crippen LogP contribution in [-0.4, -0.2) is 34.5 Å². The van der Waals surface area contributed by atoms with Gasteiger partial charge in [-0.3, -0.25) is 0 Å². The van der Waals surface area contributed by atoms with Crippen molar-refractivity contribution in [1.82, 2.24) is 34.5 Å². The zero-order valence-electron chi connectivity index (χ0n) is 56.4. The predicted molar refractivity (Wildman–Crippen MR) is 442 cm³/mol. The van der Waals surface area contributed by atoms with E-state index in [9.17, 15) is 0 Å². The van der Waals surface area contributed by atoms with Crippen LogP contribution >= 0.6 is 34.3 Å². The van der Waals surface area contributed by atoms with Gasteiger partial charge in [0.15, 0.2) is 34.9 Å². The molecule has 1 aliphatic carbocycles. The summed E-state index contributed by atoms with van der Waals surface area (Å²) in [6.07, 6.45) is 1.06. The molecule has 0 radical (unpaired) electrons. The smallest absolute Gasteiger partial charge is 0.164 e. The third kappa shape index (κ3) is 11.3. The van der Waals surface area contributed by atoms with Crippen molar-refractivity contribution in [2.75, 3.05) is 0 Å². The highest BCUT2D eigenvalue weighted by Gasteiger charge is 2.23. The van der Waals surface area contributed by atoms with E-state index < -0.39 is 0 Å². The van der Waals surface area contributed by atoms with Gasteiger partial charge in [-0.05, 0) is 145 Å². The van der Waals surface area contributed by atoms with Crippen LogP contribution in [0.2, 0.25) is 5.02 Å². The fraction of sp³-hybridized carbons (Fsp3) is 0.0105. The Labute approximate surface area is 617 Å². The van der Waals surface area contributed by atoms with Crippen LogP contribution in [0.25, 0.3) is 190 Å². The minimum absolute atomic E-state index is 0.661. The summed E-state index contributed by atoms with van der Waals surface area (Å²) in [7, 11) is 0. The lowest BCUT2D eigenvalue weighted by molar-refractivity contribution is 1.08. The molecular weight excluding hydrogens is 1340 g/mol. The number of hydrogen-bond acceptors (Lipinski definition) is 8. The van der Waals surface area contributed by atoms with Crippen molar-refractivity contribution in [2.24, 2.45) is 0 Å². The molecule has 105 heavy (non-hydrogen) atoms. The Hall–Kier alpha value is -12.9. The number of nitrogens with zero attached hydrogens (tertiary/aromatic N) is 7. The molecule has 21 aromatic rings. The minimum atomic E-state index is 0.661. The Morgan fingerprint density at radius 1 is 0.248 bits per heavy atom. The summed E-state index contributed by atoms with van der Waals surface area (Å²) in [6.45, 7) is 0. The monoisotopic (exact) mass is 1400 g/mol. The van der Waals surface area contributed by atoms with E-state index in [0.29, 0.717) is 34.9 Å². The van der Waals surface area contributed by atoms with Gasteiger partial charge in [0.25, 0.3) is 0 Å². The SMILES string of the molecule is Clc1ccc2c(c1)sc1cccc(-c3nc(-c4ccccc4)nc(-c4ccccc4)n3)c12.c1ccc(-c2nc(-c3ccccc3)nc(-c3cccc4sc5cc(-n6c7cc8ccccc8cc7c7cc8ccccc8cc76)ccc5c34)n2)cc1.c1ccc2cc3c(cc2c1)Cc1cc2ccccc2cc1-3. The molecular formula is C95H58ClN7S2. The van der Waals surface area contributed by atoms with Crippen LogP contribution < -0.4 is 0 Å². The Balaban J connectivity index is 0.000000117. The summed E-state index contributed by atoms with van der Waals surface area (Å²) in [4.78, 5) is 29.7. The Morgan fingerprint density at radius 3 is 0.981 bits per heavy atom. The molecule has 1 aliphatic rings. The standard InChI is InChI=1S/C47H28N4S.C27H16ClN3S.C21H14/c1-3-12-29(13-4-1)45-48-46(30-14-5-2-6-15-30)50-47(49-45)37-20-11-21-42-44(37)36-23-22-35(28-43(36)52-42)51-40-26-33-18-9-7-16-31(33)24-38(40)39-25-32-17-8-10-19-34(32)27-41(39)51;28-19-14-15-20-23(16-19)32-22-13-7-12-21(24(20)22)27-30-25(17-8-3-1-4-9-17)29-26(31-27)18-10-5-2-6-11-18;1-3-7-16-12-20-18(9-14(16)5-1)11-19-10-15-6-2-4-8-17(15)13-21(19)20/h1-28H;1-16H;1-10,12-13H,11H2. The van der Waals surface area contributed by atoms with E-state index in [1.165, 1.54) is 107 Å². The summed E-state index contributed by atoms with van der Waals surface area (Å²) in [5, 5.41) is 18.2. The maximum Gasteiger partial charge on any atom is 0.164 e. The number of fused-ring (bicyclic) bond motifs is 16. The number of rotatable bonds is 7. The zero-order valence-corrected chi connectivity index (χ0v) is 58.8. The van der Waals surface area contributed by atoms with E-state index in [4.69, 9.17) is 41.5 Å². The molecule has 22 rings (SSSR count). The van der Waals surface area contributed by atoms with Crippen LogP contribution in [-0.2, 0) is 6.42 Å². The normalized spacial score (nSPS) is 11.8. The molecule has 16 aromatic carbocycles. The molecule has 0 amide bonds. The van der Waals surface area contributed by atoms with Crippen LogP contribution in [0.1, 0.15) is 11.1 Å². The van der Waals surface area contributed by atoms with Gasteiger partial charge in [-0.15, -0.1) is 22.7 Å². The summed E-state index contributed by atoms with van der Waals surface area (Å²) >= 11 is 9.80. The van der Waals surface area contributed by atoms with Crippen LogP contribution in [0.5, 0.6) is 0 Å². The molecule has 0 aliphatic heterocycles. The Morgan fingerprint density at radius 2 is 0.581 bits per heavy atom. The molecule has 492 valence electrons. The van der Waals surface area contributed by atoms with Gasteiger partial charge in [0.2, 0.25) is 0 Å². The van der Waals surface area contributed by atoms with Gasteiger partial charge in [-0.25, -0.2) is 29.9 Å². The summed E-state index contributed by atoms with van der Waals surface area (Å²) < 4.78 is 7.20. The highest BCUT2D eigenvalue weighted by Crippen LogP contribution is 2.46. The lowest BCUT2D eigenvalue weighted by Crippen LogP contribution is -2.00. The number of benzene rings is 16. The lowest BCUT2D eigenvalue weighted by atomic mass is 9.99. The first kappa shape index (κ1) is 61.9. The van der Waals surface area contributed by atoms with E-state index in [0.717, 1.165) is 71.4 Å². The second-order valence-corrected chi connectivity index (χ2v) is 29.2. The average molecular weight is 1400 g/mol. The van der Waals surface area contributed by atoms with Crippen molar-refractivity contribution in [3.05, 3.63) is 356 Å². The van der Waals surface area contributed by atoms with Crippen molar-refractivity contribution < 1.29 is 0 Å². The van der Waals surface area contributed by atoms with E-state index in [-0.39, 0.29) is 0 Å². The number of hydrogen-bond donors (Lipinski definition) is 0. The van der Waals surface area contributed by atoms with E-state index in [1.54, 1.807) is 11.3 Å². The van der Waals surface area contributed by atoms with Gasteiger partial charge in [0.1, 0.15) is 0 Å². The Kier molecular flexibility index (Phi) is 15.3. The quantitative estimate of drug-likeness (QED) is 0.158. The molecule has 0 bridgehead atoms. The van der Waals surface area contributed by atoms with Gasteiger partial charge in [-0.1, -0.05) is 279 Å². The molecule has 0 fully saturated rings. The number of aromatic nitrogens is 7. The van der Waals surface area contributed by atoms with Crippen LogP contribution in [0.4, 0.5) is 0 Å². The largest absolute Gasteiger partial charge is 0.309 e.